The van der Waals surface area contributed by atoms with Crippen LogP contribution in [0.5, 0.6) is 0 Å². The zero-order chi connectivity index (χ0) is 8.27. The quantitative estimate of drug-likeness (QED) is 0.648. The summed E-state index contributed by atoms with van der Waals surface area (Å²) in [5.41, 5.74) is 5.25. The van der Waals surface area contributed by atoms with E-state index in [4.69, 9.17) is 5.73 Å². The summed E-state index contributed by atoms with van der Waals surface area (Å²) in [6.45, 7) is 2.19. The molecule has 0 saturated heterocycles. The molecule has 0 aromatic rings. The molecule has 1 unspecified atom stereocenters. The molecule has 0 spiro atoms. The van der Waals surface area contributed by atoms with Gasteiger partial charge in [-0.25, -0.2) is 0 Å². The van der Waals surface area contributed by atoms with Gasteiger partial charge in [0, 0.05) is 5.92 Å². The van der Waals surface area contributed by atoms with Crippen LogP contribution in [0.1, 0.15) is 39.0 Å². The van der Waals surface area contributed by atoms with Crippen LogP contribution < -0.4 is 5.73 Å². The fourth-order valence-corrected chi connectivity index (χ4v) is 1.92. The highest BCUT2D eigenvalue weighted by atomic mass is 16.1. The molecule has 64 valence electrons. The van der Waals surface area contributed by atoms with E-state index in [1.165, 1.54) is 19.3 Å². The van der Waals surface area contributed by atoms with Crippen molar-refractivity contribution in [3.8, 4) is 0 Å². The van der Waals surface area contributed by atoms with Gasteiger partial charge in [-0.3, -0.25) is 4.79 Å². The lowest BCUT2D eigenvalue weighted by Gasteiger charge is -2.25. The highest BCUT2D eigenvalue weighted by Gasteiger charge is 2.24. The van der Waals surface area contributed by atoms with Crippen molar-refractivity contribution in [1.82, 2.24) is 0 Å². The second-order valence-electron chi connectivity index (χ2n) is 3.54. The van der Waals surface area contributed by atoms with E-state index >= 15 is 0 Å². The molecular formula is C9H17NO. The number of amides is 1. The Labute approximate surface area is 68.2 Å². The van der Waals surface area contributed by atoms with Gasteiger partial charge in [0.1, 0.15) is 0 Å². The molecule has 2 N–H and O–H groups in total. The van der Waals surface area contributed by atoms with Gasteiger partial charge in [0.05, 0.1) is 0 Å². The topological polar surface area (TPSA) is 43.1 Å². The van der Waals surface area contributed by atoms with Gasteiger partial charge in [-0.1, -0.05) is 26.2 Å². The molecule has 1 rings (SSSR count). The summed E-state index contributed by atoms with van der Waals surface area (Å²) in [6.07, 6.45) is 5.73. The molecule has 0 aromatic heterocycles. The number of nitrogens with two attached hydrogens (primary N) is 1. The number of rotatable bonds is 2. The largest absolute Gasteiger partial charge is 0.369 e. The lowest BCUT2D eigenvalue weighted by Crippen LogP contribution is -2.28. The molecule has 0 radical (unpaired) electrons. The van der Waals surface area contributed by atoms with Crippen molar-refractivity contribution in [3.63, 3.8) is 0 Å². The van der Waals surface area contributed by atoms with Gasteiger partial charge >= 0.3 is 0 Å². The predicted molar refractivity (Wildman–Crippen MR) is 44.9 cm³/mol. The maximum atomic E-state index is 10.8. The second kappa shape index (κ2) is 3.74. The standard InChI is InChI=1S/C9H17NO/c1-2-7-4-3-5-8(6-7)9(10)11/h7-8H,2-6H2,1H3,(H2,10,11)/t7?,8-/m0/s1. The van der Waals surface area contributed by atoms with Crippen molar-refractivity contribution in [2.24, 2.45) is 17.6 Å². The number of primary amides is 1. The van der Waals surface area contributed by atoms with E-state index in [1.807, 2.05) is 0 Å². The Hall–Kier alpha value is -0.530. The van der Waals surface area contributed by atoms with Crippen molar-refractivity contribution < 1.29 is 4.79 Å². The van der Waals surface area contributed by atoms with E-state index in [1.54, 1.807) is 0 Å². The van der Waals surface area contributed by atoms with Crippen LogP contribution in [0.15, 0.2) is 0 Å². The zero-order valence-corrected chi connectivity index (χ0v) is 7.18. The van der Waals surface area contributed by atoms with Crippen LogP contribution in [0, 0.1) is 11.8 Å². The molecule has 0 heterocycles. The average Bonchev–Trinajstić information content (AvgIpc) is 2.05. The first-order valence-corrected chi connectivity index (χ1v) is 4.53. The number of carbonyl (C=O) groups excluding carboxylic acids is 1. The minimum Gasteiger partial charge on any atom is -0.369 e. The van der Waals surface area contributed by atoms with Crippen molar-refractivity contribution in [1.29, 1.82) is 0 Å². The molecule has 0 aliphatic heterocycles. The Balaban J connectivity index is 2.39. The fourth-order valence-electron chi connectivity index (χ4n) is 1.92. The normalized spacial score (nSPS) is 31.7. The van der Waals surface area contributed by atoms with Crippen LogP contribution in [0.3, 0.4) is 0 Å². The van der Waals surface area contributed by atoms with Crippen LogP contribution in [0.2, 0.25) is 0 Å². The summed E-state index contributed by atoms with van der Waals surface area (Å²) in [4.78, 5) is 10.8. The van der Waals surface area contributed by atoms with Gasteiger partial charge in [0.15, 0.2) is 0 Å². The Morgan fingerprint density at radius 2 is 2.27 bits per heavy atom. The van der Waals surface area contributed by atoms with Gasteiger partial charge in [0.25, 0.3) is 0 Å². The summed E-state index contributed by atoms with van der Waals surface area (Å²) in [5.74, 6) is 0.832. The van der Waals surface area contributed by atoms with Crippen molar-refractivity contribution in [2.75, 3.05) is 0 Å². The highest BCUT2D eigenvalue weighted by molar-refractivity contribution is 5.76. The molecule has 11 heavy (non-hydrogen) atoms. The van der Waals surface area contributed by atoms with Crippen LogP contribution in [-0.4, -0.2) is 5.91 Å². The van der Waals surface area contributed by atoms with Crippen molar-refractivity contribution >= 4 is 5.91 Å². The summed E-state index contributed by atoms with van der Waals surface area (Å²) >= 11 is 0. The van der Waals surface area contributed by atoms with Gasteiger partial charge in [-0.15, -0.1) is 0 Å². The molecule has 2 atom stereocenters. The molecule has 1 amide bonds. The van der Waals surface area contributed by atoms with Gasteiger partial charge < -0.3 is 5.73 Å². The Morgan fingerprint density at radius 1 is 1.55 bits per heavy atom. The lowest BCUT2D eigenvalue weighted by atomic mass is 9.80. The van der Waals surface area contributed by atoms with E-state index < -0.39 is 0 Å². The third kappa shape index (κ3) is 2.21. The van der Waals surface area contributed by atoms with Crippen LogP contribution in [-0.2, 0) is 4.79 Å². The highest BCUT2D eigenvalue weighted by Crippen LogP contribution is 2.30. The average molecular weight is 155 g/mol. The Kier molecular flexibility index (Phi) is 2.92. The third-order valence-corrected chi connectivity index (χ3v) is 2.76. The molecule has 1 aliphatic carbocycles. The number of hydrogen-bond donors (Lipinski definition) is 1. The van der Waals surface area contributed by atoms with Crippen LogP contribution in [0.25, 0.3) is 0 Å². The monoisotopic (exact) mass is 155 g/mol. The molecule has 1 fully saturated rings. The van der Waals surface area contributed by atoms with E-state index in [0.717, 1.165) is 18.8 Å². The van der Waals surface area contributed by atoms with Crippen LogP contribution >= 0.6 is 0 Å². The summed E-state index contributed by atoms with van der Waals surface area (Å²) < 4.78 is 0. The van der Waals surface area contributed by atoms with E-state index in [0.29, 0.717) is 0 Å². The minimum absolute atomic E-state index is 0.0943. The van der Waals surface area contributed by atoms with Gasteiger partial charge in [-0.2, -0.15) is 0 Å². The number of hydrogen-bond acceptors (Lipinski definition) is 1. The molecule has 2 nitrogen and oxygen atoms in total. The molecule has 0 bridgehead atoms. The zero-order valence-electron chi connectivity index (χ0n) is 7.18. The first-order valence-electron chi connectivity index (χ1n) is 4.53. The smallest absolute Gasteiger partial charge is 0.220 e. The maximum absolute atomic E-state index is 10.8. The summed E-state index contributed by atoms with van der Waals surface area (Å²) in [6, 6.07) is 0. The fraction of sp³-hybridized carbons (Fsp3) is 0.889. The molecule has 1 aliphatic rings. The van der Waals surface area contributed by atoms with E-state index in [9.17, 15) is 4.79 Å². The third-order valence-electron chi connectivity index (χ3n) is 2.76. The molecule has 1 saturated carbocycles. The first kappa shape index (κ1) is 8.57. The van der Waals surface area contributed by atoms with E-state index in [2.05, 4.69) is 6.92 Å². The lowest BCUT2D eigenvalue weighted by molar-refractivity contribution is -0.123. The SMILES string of the molecule is CCC1CCC[C@H](C(N)=O)C1. The van der Waals surface area contributed by atoms with Crippen molar-refractivity contribution in [3.05, 3.63) is 0 Å². The minimum atomic E-state index is -0.0943. The Morgan fingerprint density at radius 3 is 2.82 bits per heavy atom. The van der Waals surface area contributed by atoms with Crippen molar-refractivity contribution in [2.45, 2.75) is 39.0 Å². The summed E-state index contributed by atoms with van der Waals surface area (Å²) in [5, 5.41) is 0. The maximum Gasteiger partial charge on any atom is 0.220 e. The molecule has 2 heteroatoms. The Bertz CT molecular complexity index is 144. The van der Waals surface area contributed by atoms with E-state index in [-0.39, 0.29) is 11.8 Å². The second-order valence-corrected chi connectivity index (χ2v) is 3.54. The summed E-state index contributed by atoms with van der Waals surface area (Å²) in [7, 11) is 0. The molecular weight excluding hydrogens is 138 g/mol. The van der Waals surface area contributed by atoms with Gasteiger partial charge in [-0.05, 0) is 18.8 Å². The number of carbonyl (C=O) groups is 1. The predicted octanol–water partition coefficient (Wildman–Crippen LogP) is 1.69. The molecule has 0 aromatic carbocycles. The first-order chi connectivity index (χ1) is 5.24. The van der Waals surface area contributed by atoms with Gasteiger partial charge in [0.2, 0.25) is 5.91 Å². The van der Waals surface area contributed by atoms with Crippen LogP contribution in [0.4, 0.5) is 0 Å².